The summed E-state index contributed by atoms with van der Waals surface area (Å²) >= 11 is 5.55. The highest BCUT2D eigenvalue weighted by Gasteiger charge is 2.29. The fourth-order valence-corrected chi connectivity index (χ4v) is 3.81. The molecule has 0 fully saturated rings. The fraction of sp³-hybridized carbons (Fsp3) is 0.412. The van der Waals surface area contributed by atoms with Gasteiger partial charge >= 0.3 is 0 Å². The first-order chi connectivity index (χ1) is 9.83. The van der Waals surface area contributed by atoms with Gasteiger partial charge in [0.2, 0.25) is 0 Å². The zero-order valence-electron chi connectivity index (χ0n) is 11.5. The predicted molar refractivity (Wildman–Crippen MR) is 82.7 cm³/mol. The molecule has 2 aliphatic rings. The van der Waals surface area contributed by atoms with Crippen molar-refractivity contribution in [1.29, 1.82) is 0 Å². The number of hydrogen-bond donors (Lipinski definition) is 1. The Hall–Kier alpha value is -1.48. The van der Waals surface area contributed by atoms with E-state index >= 15 is 0 Å². The monoisotopic (exact) mass is 282 g/mol. The third kappa shape index (κ3) is 1.92. The van der Waals surface area contributed by atoms with Gasteiger partial charge in [-0.3, -0.25) is 0 Å². The third-order valence-electron chi connectivity index (χ3n) is 4.66. The van der Waals surface area contributed by atoms with E-state index in [9.17, 15) is 0 Å². The first-order valence-electron chi connectivity index (χ1n) is 7.52. The predicted octanol–water partition coefficient (Wildman–Crippen LogP) is 4.10. The summed E-state index contributed by atoms with van der Waals surface area (Å²) in [6.07, 6.45) is 7.13. The van der Waals surface area contributed by atoms with E-state index < -0.39 is 0 Å². The van der Waals surface area contributed by atoms with E-state index in [1.54, 1.807) is 0 Å². The molecular formula is C17H18N2S. The van der Waals surface area contributed by atoms with E-state index in [0.717, 1.165) is 29.7 Å². The second-order valence-electron chi connectivity index (χ2n) is 5.90. The van der Waals surface area contributed by atoms with Crippen LogP contribution in [-0.4, -0.2) is 9.97 Å². The number of aryl methyl sites for hydroxylation is 1. The minimum atomic E-state index is 0.418. The standard InChI is InChI=1S/C17H18N2S/c20-17-13-8-2-1-3-9-15(13)18-16(19-17)14-10-11-6-4-5-7-12(11)14/h4-7,14H,1-3,8-10H2,(H,18,19,20). The van der Waals surface area contributed by atoms with Crippen LogP contribution in [-0.2, 0) is 19.3 Å². The Balaban J connectivity index is 1.76. The molecule has 4 rings (SSSR count). The summed E-state index contributed by atoms with van der Waals surface area (Å²) in [5, 5.41) is 0. The van der Waals surface area contributed by atoms with E-state index in [1.807, 2.05) is 0 Å². The van der Waals surface area contributed by atoms with Crippen LogP contribution in [0.3, 0.4) is 0 Å². The highest BCUT2D eigenvalue weighted by atomic mass is 32.1. The molecule has 1 aromatic heterocycles. The molecule has 1 unspecified atom stereocenters. The van der Waals surface area contributed by atoms with Crippen molar-refractivity contribution in [3.63, 3.8) is 0 Å². The summed E-state index contributed by atoms with van der Waals surface area (Å²) in [6, 6.07) is 8.66. The summed E-state index contributed by atoms with van der Waals surface area (Å²) in [4.78, 5) is 8.32. The van der Waals surface area contributed by atoms with Gasteiger partial charge in [-0.25, -0.2) is 4.98 Å². The maximum absolute atomic E-state index is 5.55. The number of fused-ring (bicyclic) bond motifs is 2. The second kappa shape index (κ2) is 4.81. The lowest BCUT2D eigenvalue weighted by molar-refractivity contribution is 0.647. The average Bonchev–Trinajstić information content (AvgIpc) is 2.66. The van der Waals surface area contributed by atoms with Crippen molar-refractivity contribution in [3.05, 3.63) is 57.1 Å². The Labute approximate surface area is 124 Å². The van der Waals surface area contributed by atoms with Crippen LogP contribution in [0.1, 0.15) is 53.4 Å². The van der Waals surface area contributed by atoms with Gasteiger partial charge in [0.25, 0.3) is 0 Å². The number of aromatic amines is 1. The lowest BCUT2D eigenvalue weighted by atomic mass is 9.77. The van der Waals surface area contributed by atoms with Crippen LogP contribution in [0.5, 0.6) is 0 Å². The van der Waals surface area contributed by atoms with Crippen LogP contribution >= 0.6 is 12.2 Å². The van der Waals surface area contributed by atoms with Gasteiger partial charge in [0, 0.05) is 17.2 Å². The molecule has 0 amide bonds. The number of H-pyrrole nitrogens is 1. The summed E-state index contributed by atoms with van der Waals surface area (Å²) in [7, 11) is 0. The molecule has 1 heterocycles. The van der Waals surface area contributed by atoms with Crippen molar-refractivity contribution in [1.82, 2.24) is 9.97 Å². The number of nitrogens with one attached hydrogen (secondary N) is 1. The number of hydrogen-bond acceptors (Lipinski definition) is 2. The van der Waals surface area contributed by atoms with E-state index in [1.165, 1.54) is 41.6 Å². The molecule has 3 heteroatoms. The number of nitrogens with zero attached hydrogens (tertiary/aromatic N) is 1. The fourth-order valence-electron chi connectivity index (χ4n) is 3.48. The number of rotatable bonds is 1. The molecule has 20 heavy (non-hydrogen) atoms. The minimum Gasteiger partial charge on any atom is -0.346 e. The van der Waals surface area contributed by atoms with Crippen LogP contribution in [0.2, 0.25) is 0 Å². The van der Waals surface area contributed by atoms with Crippen LogP contribution in [0, 0.1) is 4.64 Å². The van der Waals surface area contributed by atoms with Gasteiger partial charge in [0.1, 0.15) is 10.5 Å². The van der Waals surface area contributed by atoms with Crippen LogP contribution < -0.4 is 0 Å². The molecule has 1 atom stereocenters. The Kier molecular flexibility index (Phi) is 2.95. The lowest BCUT2D eigenvalue weighted by Crippen LogP contribution is -2.21. The van der Waals surface area contributed by atoms with Crippen molar-refractivity contribution in [2.75, 3.05) is 0 Å². The van der Waals surface area contributed by atoms with Crippen molar-refractivity contribution in [2.24, 2.45) is 0 Å². The van der Waals surface area contributed by atoms with Gasteiger partial charge < -0.3 is 4.98 Å². The SMILES string of the molecule is S=c1nc(C2Cc3ccccc32)[nH]c2c1CCCCC2. The van der Waals surface area contributed by atoms with Gasteiger partial charge in [0.15, 0.2) is 0 Å². The lowest BCUT2D eigenvalue weighted by Gasteiger charge is -2.29. The van der Waals surface area contributed by atoms with E-state index in [0.29, 0.717) is 5.92 Å². The number of aromatic nitrogens is 2. The van der Waals surface area contributed by atoms with E-state index in [2.05, 4.69) is 29.2 Å². The summed E-state index contributed by atoms with van der Waals surface area (Å²) in [6.45, 7) is 0. The molecule has 0 saturated heterocycles. The topological polar surface area (TPSA) is 28.7 Å². The molecule has 102 valence electrons. The van der Waals surface area contributed by atoms with Crippen LogP contribution in [0.15, 0.2) is 24.3 Å². The van der Waals surface area contributed by atoms with Crippen molar-refractivity contribution < 1.29 is 0 Å². The van der Waals surface area contributed by atoms with E-state index in [4.69, 9.17) is 17.2 Å². The van der Waals surface area contributed by atoms with E-state index in [-0.39, 0.29) is 0 Å². The summed E-state index contributed by atoms with van der Waals surface area (Å²) in [5.41, 5.74) is 5.52. The maximum atomic E-state index is 5.55. The van der Waals surface area contributed by atoms with Crippen LogP contribution in [0.4, 0.5) is 0 Å². The van der Waals surface area contributed by atoms with Gasteiger partial charge in [-0.1, -0.05) is 42.9 Å². The minimum absolute atomic E-state index is 0.418. The normalized spacial score (nSPS) is 20.5. The van der Waals surface area contributed by atoms with Gasteiger partial charge in [-0.2, -0.15) is 0 Å². The smallest absolute Gasteiger partial charge is 0.133 e. The Bertz CT molecular complexity index is 717. The quantitative estimate of drug-likeness (QED) is 0.630. The zero-order valence-corrected chi connectivity index (χ0v) is 12.3. The Morgan fingerprint density at radius 1 is 1.10 bits per heavy atom. The molecule has 0 radical (unpaired) electrons. The molecule has 1 N–H and O–H groups in total. The number of benzene rings is 1. The van der Waals surface area contributed by atoms with Crippen LogP contribution in [0.25, 0.3) is 0 Å². The molecule has 1 aromatic carbocycles. The molecule has 2 aromatic rings. The maximum Gasteiger partial charge on any atom is 0.133 e. The molecule has 0 bridgehead atoms. The highest BCUT2D eigenvalue weighted by molar-refractivity contribution is 7.71. The van der Waals surface area contributed by atoms with Crippen molar-refractivity contribution >= 4 is 12.2 Å². The molecule has 0 spiro atoms. The molecular weight excluding hydrogens is 264 g/mol. The largest absolute Gasteiger partial charge is 0.346 e. The zero-order chi connectivity index (χ0) is 13.5. The molecule has 0 aliphatic heterocycles. The summed E-state index contributed by atoms with van der Waals surface area (Å²) in [5.74, 6) is 1.50. The molecule has 2 aliphatic carbocycles. The molecule has 2 nitrogen and oxygen atoms in total. The highest BCUT2D eigenvalue weighted by Crippen LogP contribution is 2.38. The third-order valence-corrected chi connectivity index (χ3v) is 5.00. The van der Waals surface area contributed by atoms with Crippen molar-refractivity contribution in [2.45, 2.75) is 44.4 Å². The molecule has 0 saturated carbocycles. The van der Waals surface area contributed by atoms with Crippen molar-refractivity contribution in [3.8, 4) is 0 Å². The second-order valence-corrected chi connectivity index (χ2v) is 6.29. The Morgan fingerprint density at radius 3 is 2.85 bits per heavy atom. The first-order valence-corrected chi connectivity index (χ1v) is 7.93. The average molecular weight is 282 g/mol. The van der Waals surface area contributed by atoms with Gasteiger partial charge in [0.05, 0.1) is 0 Å². The Morgan fingerprint density at radius 2 is 1.95 bits per heavy atom. The van der Waals surface area contributed by atoms with Gasteiger partial charge in [-0.05, 0) is 43.2 Å². The first kappa shape index (κ1) is 12.3. The van der Waals surface area contributed by atoms with Gasteiger partial charge in [-0.15, -0.1) is 0 Å². The summed E-state index contributed by atoms with van der Waals surface area (Å²) < 4.78 is 0.833.